The summed E-state index contributed by atoms with van der Waals surface area (Å²) in [6.45, 7) is 0. The van der Waals surface area contributed by atoms with Gasteiger partial charge < -0.3 is 5.73 Å². The molecule has 70 valence electrons. The van der Waals surface area contributed by atoms with Crippen molar-refractivity contribution in [3.63, 3.8) is 0 Å². The number of rotatable bonds is 1. The van der Waals surface area contributed by atoms with Crippen LogP contribution < -0.4 is 5.73 Å². The van der Waals surface area contributed by atoms with Crippen LogP contribution in [0.2, 0.25) is 0 Å². The zero-order chi connectivity index (χ0) is 9.10. The summed E-state index contributed by atoms with van der Waals surface area (Å²) in [6.07, 6.45) is 2.58. The third kappa shape index (κ3) is 1.99. The molecule has 0 radical (unpaired) electrons. The normalized spacial score (nSPS) is 18.8. The van der Waals surface area contributed by atoms with Crippen molar-refractivity contribution in [3.8, 4) is 0 Å². The van der Waals surface area contributed by atoms with E-state index < -0.39 is 0 Å². The van der Waals surface area contributed by atoms with E-state index in [9.17, 15) is 0 Å². The first-order chi connectivity index (χ1) is 6.38. The predicted octanol–water partition coefficient (Wildman–Crippen LogP) is 2.88. The summed E-state index contributed by atoms with van der Waals surface area (Å²) in [7, 11) is 0. The molecule has 1 aliphatic heterocycles. The lowest BCUT2D eigenvalue weighted by Crippen LogP contribution is -2.09. The third-order valence-electron chi connectivity index (χ3n) is 2.66. The molecule has 0 aliphatic carbocycles. The number of para-hydroxylation sites is 1. The van der Waals surface area contributed by atoms with Crippen LogP contribution in [-0.4, -0.2) is 11.5 Å². The maximum Gasteiger partial charge on any atom is 0.0349 e. The van der Waals surface area contributed by atoms with Gasteiger partial charge in [0.05, 0.1) is 0 Å². The maximum atomic E-state index is 5.94. The van der Waals surface area contributed by atoms with Crippen molar-refractivity contribution in [1.29, 1.82) is 0 Å². The van der Waals surface area contributed by atoms with Gasteiger partial charge in [-0.1, -0.05) is 18.2 Å². The molecule has 0 unspecified atom stereocenters. The van der Waals surface area contributed by atoms with Gasteiger partial charge >= 0.3 is 0 Å². The Morgan fingerprint density at radius 1 is 1.15 bits per heavy atom. The SMILES string of the molecule is Nc1ccccc1C1CCSCC1. The molecule has 0 saturated carbocycles. The lowest BCUT2D eigenvalue weighted by Gasteiger charge is -2.22. The lowest BCUT2D eigenvalue weighted by molar-refractivity contribution is 0.639. The number of hydrogen-bond donors (Lipinski definition) is 1. The van der Waals surface area contributed by atoms with Crippen molar-refractivity contribution >= 4 is 17.4 Å². The highest BCUT2D eigenvalue weighted by Crippen LogP contribution is 2.33. The van der Waals surface area contributed by atoms with E-state index in [1.807, 2.05) is 12.1 Å². The maximum absolute atomic E-state index is 5.94. The molecule has 0 bridgehead atoms. The van der Waals surface area contributed by atoms with Gasteiger partial charge in [0, 0.05) is 5.69 Å². The van der Waals surface area contributed by atoms with Crippen molar-refractivity contribution in [1.82, 2.24) is 0 Å². The molecule has 2 N–H and O–H groups in total. The summed E-state index contributed by atoms with van der Waals surface area (Å²) in [5, 5.41) is 0. The summed E-state index contributed by atoms with van der Waals surface area (Å²) in [6, 6.07) is 8.29. The molecule has 1 saturated heterocycles. The summed E-state index contributed by atoms with van der Waals surface area (Å²) in [5.41, 5.74) is 8.28. The topological polar surface area (TPSA) is 26.0 Å². The molecule has 0 aromatic heterocycles. The number of thioether (sulfide) groups is 1. The molecule has 1 nitrogen and oxygen atoms in total. The molecule has 1 aliphatic rings. The van der Waals surface area contributed by atoms with Gasteiger partial charge in [0.25, 0.3) is 0 Å². The van der Waals surface area contributed by atoms with Gasteiger partial charge in [0.1, 0.15) is 0 Å². The number of anilines is 1. The smallest absolute Gasteiger partial charge is 0.0349 e. The molecule has 1 heterocycles. The number of hydrogen-bond acceptors (Lipinski definition) is 2. The monoisotopic (exact) mass is 193 g/mol. The van der Waals surface area contributed by atoms with Crippen LogP contribution in [0, 0.1) is 0 Å². The molecular formula is C11H15NS. The highest BCUT2D eigenvalue weighted by molar-refractivity contribution is 7.99. The van der Waals surface area contributed by atoms with Gasteiger partial charge in [0.2, 0.25) is 0 Å². The zero-order valence-corrected chi connectivity index (χ0v) is 8.52. The minimum atomic E-state index is 0.711. The fraction of sp³-hybridized carbons (Fsp3) is 0.455. The Bertz CT molecular complexity index is 279. The zero-order valence-electron chi connectivity index (χ0n) is 7.70. The van der Waals surface area contributed by atoms with Crippen LogP contribution in [0.1, 0.15) is 24.3 Å². The highest BCUT2D eigenvalue weighted by Gasteiger charge is 2.16. The third-order valence-corrected chi connectivity index (χ3v) is 3.71. The Kier molecular flexibility index (Phi) is 2.79. The summed E-state index contributed by atoms with van der Waals surface area (Å²) in [4.78, 5) is 0. The van der Waals surface area contributed by atoms with Gasteiger partial charge in [-0.05, 0) is 41.9 Å². The second-order valence-electron chi connectivity index (χ2n) is 3.52. The summed E-state index contributed by atoms with van der Waals surface area (Å²) >= 11 is 2.06. The van der Waals surface area contributed by atoms with E-state index in [1.165, 1.54) is 29.9 Å². The summed E-state index contributed by atoms with van der Waals surface area (Å²) < 4.78 is 0. The van der Waals surface area contributed by atoms with Crippen LogP contribution in [0.3, 0.4) is 0 Å². The first-order valence-electron chi connectivity index (χ1n) is 4.80. The van der Waals surface area contributed by atoms with Crippen molar-refractivity contribution < 1.29 is 0 Å². The van der Waals surface area contributed by atoms with Gasteiger partial charge in [-0.3, -0.25) is 0 Å². The molecule has 13 heavy (non-hydrogen) atoms. The van der Waals surface area contributed by atoms with Crippen LogP contribution in [-0.2, 0) is 0 Å². The van der Waals surface area contributed by atoms with Crippen LogP contribution in [0.15, 0.2) is 24.3 Å². The molecule has 0 atom stereocenters. The Labute approximate surface area is 83.7 Å². The Morgan fingerprint density at radius 3 is 2.54 bits per heavy atom. The number of nitrogen functional groups attached to an aromatic ring is 1. The quantitative estimate of drug-likeness (QED) is 0.694. The van der Waals surface area contributed by atoms with Crippen LogP contribution in [0.5, 0.6) is 0 Å². The van der Waals surface area contributed by atoms with Crippen molar-refractivity contribution in [3.05, 3.63) is 29.8 Å². The molecular weight excluding hydrogens is 178 g/mol. The van der Waals surface area contributed by atoms with Gasteiger partial charge in [-0.2, -0.15) is 11.8 Å². The second kappa shape index (κ2) is 4.05. The van der Waals surface area contributed by atoms with E-state index in [0.717, 1.165) is 5.69 Å². The van der Waals surface area contributed by atoms with E-state index in [-0.39, 0.29) is 0 Å². The van der Waals surface area contributed by atoms with E-state index >= 15 is 0 Å². The Morgan fingerprint density at radius 2 is 1.85 bits per heavy atom. The fourth-order valence-electron chi connectivity index (χ4n) is 1.89. The van der Waals surface area contributed by atoms with Crippen molar-refractivity contribution in [2.75, 3.05) is 17.2 Å². The van der Waals surface area contributed by atoms with E-state index in [4.69, 9.17) is 5.73 Å². The predicted molar refractivity (Wildman–Crippen MR) is 60.2 cm³/mol. The van der Waals surface area contributed by atoms with Gasteiger partial charge in [-0.25, -0.2) is 0 Å². The number of benzene rings is 1. The first kappa shape index (κ1) is 8.95. The molecule has 2 rings (SSSR count). The molecule has 1 aromatic carbocycles. The minimum Gasteiger partial charge on any atom is -0.398 e. The molecule has 0 spiro atoms. The van der Waals surface area contributed by atoms with Crippen molar-refractivity contribution in [2.24, 2.45) is 0 Å². The summed E-state index contributed by atoms with van der Waals surface area (Å²) in [5.74, 6) is 3.29. The molecule has 2 heteroatoms. The first-order valence-corrected chi connectivity index (χ1v) is 5.95. The highest BCUT2D eigenvalue weighted by atomic mass is 32.2. The van der Waals surface area contributed by atoms with Crippen LogP contribution >= 0.6 is 11.8 Å². The van der Waals surface area contributed by atoms with E-state index in [1.54, 1.807) is 0 Å². The van der Waals surface area contributed by atoms with E-state index in [0.29, 0.717) is 5.92 Å². The van der Waals surface area contributed by atoms with Gasteiger partial charge in [0.15, 0.2) is 0 Å². The largest absolute Gasteiger partial charge is 0.398 e. The molecule has 1 fully saturated rings. The standard InChI is InChI=1S/C11H15NS/c12-11-4-2-1-3-10(11)9-5-7-13-8-6-9/h1-4,9H,5-8,12H2. The van der Waals surface area contributed by atoms with Crippen LogP contribution in [0.25, 0.3) is 0 Å². The second-order valence-corrected chi connectivity index (χ2v) is 4.74. The lowest BCUT2D eigenvalue weighted by atomic mass is 9.92. The Hall–Kier alpha value is -0.630. The minimum absolute atomic E-state index is 0.711. The van der Waals surface area contributed by atoms with Crippen LogP contribution in [0.4, 0.5) is 5.69 Å². The molecule has 0 amide bonds. The van der Waals surface area contributed by atoms with Gasteiger partial charge in [-0.15, -0.1) is 0 Å². The Balaban J connectivity index is 2.18. The fourth-order valence-corrected chi connectivity index (χ4v) is 3.00. The van der Waals surface area contributed by atoms with E-state index in [2.05, 4.69) is 23.9 Å². The average Bonchev–Trinajstić information content (AvgIpc) is 2.20. The average molecular weight is 193 g/mol. The molecule has 1 aromatic rings. The number of nitrogens with two attached hydrogens (primary N) is 1. The van der Waals surface area contributed by atoms with Crippen molar-refractivity contribution in [2.45, 2.75) is 18.8 Å².